The number of nitrogens with two attached hydrogens (primary N) is 1. The van der Waals surface area contributed by atoms with E-state index in [1.807, 2.05) is 13.0 Å². The number of benzene rings is 2. The van der Waals surface area contributed by atoms with Crippen LogP contribution in [0.1, 0.15) is 35.7 Å². The minimum Gasteiger partial charge on any atom is -0.384 e. The number of nitrogens with one attached hydrogen (secondary N) is 3. The van der Waals surface area contributed by atoms with Crippen LogP contribution in [0.4, 0.5) is 5.82 Å². The lowest BCUT2D eigenvalue weighted by atomic mass is 9.94. The Morgan fingerprint density at radius 1 is 1.18 bits per heavy atom. The third-order valence-corrected chi connectivity index (χ3v) is 6.65. The predicted octanol–water partition coefficient (Wildman–Crippen LogP) is 2.78. The highest BCUT2D eigenvalue weighted by Gasteiger charge is 2.31. The average molecular weight is 460 g/mol. The third kappa shape index (κ3) is 5.54. The standard InChI is InChI=1S/C27H33N5O2/c1-16-5-4-6-21-12-19(7-9-23(16)21)11-20-13-24(29-14-20)27(34)32-18(3)26(33)30-15-22-8-10-25(28)31-17(22)2/h4-10,12,18,20,24,29H,11,13-15H2,1-3H3,(H2,28,31)(H,30,33)(H,32,34)/t18-,20-,24+/m0/s1. The fraction of sp³-hybridized carbons (Fsp3) is 0.370. The summed E-state index contributed by atoms with van der Waals surface area (Å²) in [6, 6.07) is 15.6. The molecule has 7 nitrogen and oxygen atoms in total. The van der Waals surface area contributed by atoms with Gasteiger partial charge in [-0.3, -0.25) is 9.59 Å². The van der Waals surface area contributed by atoms with Crippen molar-refractivity contribution < 1.29 is 9.59 Å². The van der Waals surface area contributed by atoms with E-state index in [2.05, 4.69) is 64.3 Å². The molecule has 1 aliphatic rings. The van der Waals surface area contributed by atoms with E-state index < -0.39 is 6.04 Å². The van der Waals surface area contributed by atoms with Gasteiger partial charge in [-0.15, -0.1) is 0 Å². The van der Waals surface area contributed by atoms with Crippen molar-refractivity contribution in [2.45, 2.75) is 52.2 Å². The lowest BCUT2D eigenvalue weighted by molar-refractivity contribution is -0.129. The van der Waals surface area contributed by atoms with Gasteiger partial charge in [0.25, 0.3) is 0 Å². The van der Waals surface area contributed by atoms with Crippen molar-refractivity contribution in [2.75, 3.05) is 12.3 Å². The summed E-state index contributed by atoms with van der Waals surface area (Å²) in [5.41, 5.74) is 9.91. The fourth-order valence-electron chi connectivity index (χ4n) is 4.63. The Kier molecular flexibility index (Phi) is 7.12. The molecule has 0 unspecified atom stereocenters. The Balaban J connectivity index is 1.26. The van der Waals surface area contributed by atoms with Gasteiger partial charge in [-0.05, 0) is 79.6 Å². The molecule has 1 aliphatic heterocycles. The lowest BCUT2D eigenvalue weighted by Gasteiger charge is -2.17. The molecular weight excluding hydrogens is 426 g/mol. The van der Waals surface area contributed by atoms with E-state index in [1.54, 1.807) is 13.0 Å². The Labute approximate surface area is 200 Å². The number of amides is 2. The molecule has 2 heterocycles. The summed E-state index contributed by atoms with van der Waals surface area (Å²) in [6.45, 7) is 6.81. The van der Waals surface area contributed by atoms with E-state index in [0.29, 0.717) is 18.3 Å². The molecule has 1 aromatic heterocycles. The van der Waals surface area contributed by atoms with E-state index >= 15 is 0 Å². The van der Waals surface area contributed by atoms with Gasteiger partial charge in [-0.1, -0.05) is 42.5 Å². The van der Waals surface area contributed by atoms with Gasteiger partial charge in [0.15, 0.2) is 0 Å². The molecule has 3 aromatic rings. The topological polar surface area (TPSA) is 109 Å². The third-order valence-electron chi connectivity index (χ3n) is 6.65. The zero-order valence-electron chi connectivity index (χ0n) is 20.0. The average Bonchev–Trinajstić information content (AvgIpc) is 3.27. The zero-order valence-corrected chi connectivity index (χ0v) is 20.0. The first-order valence-corrected chi connectivity index (χ1v) is 11.8. The Morgan fingerprint density at radius 3 is 2.79 bits per heavy atom. The highest BCUT2D eigenvalue weighted by molar-refractivity contribution is 5.89. The zero-order chi connectivity index (χ0) is 24.2. The maximum Gasteiger partial charge on any atom is 0.242 e. The van der Waals surface area contributed by atoms with Crippen LogP contribution in [0.2, 0.25) is 0 Å². The van der Waals surface area contributed by atoms with Gasteiger partial charge >= 0.3 is 0 Å². The molecule has 2 amide bonds. The van der Waals surface area contributed by atoms with Gasteiger partial charge in [-0.25, -0.2) is 4.98 Å². The minimum atomic E-state index is -0.626. The number of hydrogen-bond acceptors (Lipinski definition) is 5. The molecule has 1 saturated heterocycles. The van der Waals surface area contributed by atoms with E-state index in [1.165, 1.54) is 21.9 Å². The number of anilines is 1. The first-order valence-electron chi connectivity index (χ1n) is 11.8. The van der Waals surface area contributed by atoms with Crippen molar-refractivity contribution in [3.63, 3.8) is 0 Å². The molecule has 0 radical (unpaired) electrons. The van der Waals surface area contributed by atoms with Crippen LogP contribution in [0.5, 0.6) is 0 Å². The first kappa shape index (κ1) is 23.7. The van der Waals surface area contributed by atoms with Gasteiger partial charge in [0.1, 0.15) is 11.9 Å². The maximum atomic E-state index is 12.8. The van der Waals surface area contributed by atoms with Crippen LogP contribution >= 0.6 is 0 Å². The van der Waals surface area contributed by atoms with Crippen LogP contribution in [0.25, 0.3) is 10.8 Å². The summed E-state index contributed by atoms with van der Waals surface area (Å²) in [5.74, 6) is 0.463. The smallest absolute Gasteiger partial charge is 0.242 e. The summed E-state index contributed by atoms with van der Waals surface area (Å²) in [7, 11) is 0. The lowest BCUT2D eigenvalue weighted by Crippen LogP contribution is -2.50. The van der Waals surface area contributed by atoms with Gasteiger partial charge in [0.05, 0.1) is 6.04 Å². The second-order valence-electron chi connectivity index (χ2n) is 9.33. The molecule has 178 valence electrons. The summed E-state index contributed by atoms with van der Waals surface area (Å²) in [6.07, 6.45) is 1.67. The molecule has 2 aromatic carbocycles. The van der Waals surface area contributed by atoms with Crippen molar-refractivity contribution in [1.82, 2.24) is 20.9 Å². The first-order chi connectivity index (χ1) is 16.3. The molecule has 0 saturated carbocycles. The number of nitrogen functional groups attached to an aromatic ring is 1. The molecule has 34 heavy (non-hydrogen) atoms. The fourth-order valence-corrected chi connectivity index (χ4v) is 4.63. The summed E-state index contributed by atoms with van der Waals surface area (Å²) in [4.78, 5) is 29.5. The van der Waals surface area contributed by atoms with Crippen LogP contribution in [-0.2, 0) is 22.6 Å². The SMILES string of the molecule is Cc1nc(N)ccc1CNC(=O)[C@H](C)NC(=O)[C@H]1C[C@H](Cc2ccc3c(C)cccc3c2)CN1. The van der Waals surface area contributed by atoms with E-state index in [0.717, 1.165) is 30.6 Å². The molecule has 1 fully saturated rings. The number of carbonyl (C=O) groups excluding carboxylic acids is 2. The minimum absolute atomic E-state index is 0.135. The van der Waals surface area contributed by atoms with E-state index in [9.17, 15) is 9.59 Å². The van der Waals surface area contributed by atoms with Crippen molar-refractivity contribution in [3.05, 3.63) is 70.9 Å². The number of aromatic nitrogens is 1. The van der Waals surface area contributed by atoms with Gasteiger partial charge in [-0.2, -0.15) is 0 Å². The van der Waals surface area contributed by atoms with E-state index in [-0.39, 0.29) is 17.9 Å². The molecule has 3 atom stereocenters. The van der Waals surface area contributed by atoms with Crippen LogP contribution < -0.4 is 21.7 Å². The second-order valence-corrected chi connectivity index (χ2v) is 9.33. The summed E-state index contributed by atoms with van der Waals surface area (Å²) in [5, 5.41) is 11.6. The molecule has 4 rings (SSSR count). The predicted molar refractivity (Wildman–Crippen MR) is 135 cm³/mol. The highest BCUT2D eigenvalue weighted by atomic mass is 16.2. The molecule has 7 heteroatoms. The van der Waals surface area contributed by atoms with E-state index in [4.69, 9.17) is 5.73 Å². The summed E-state index contributed by atoms with van der Waals surface area (Å²) < 4.78 is 0. The number of aryl methyl sites for hydroxylation is 2. The molecule has 5 N–H and O–H groups in total. The maximum absolute atomic E-state index is 12.8. The second kappa shape index (κ2) is 10.2. The number of nitrogens with zero attached hydrogens (tertiary/aromatic N) is 1. The van der Waals surface area contributed by atoms with Crippen LogP contribution in [0, 0.1) is 19.8 Å². The molecule has 0 aliphatic carbocycles. The Hall–Kier alpha value is -3.45. The van der Waals surface area contributed by atoms with Crippen molar-refractivity contribution in [3.8, 4) is 0 Å². The van der Waals surface area contributed by atoms with Crippen molar-refractivity contribution >= 4 is 28.4 Å². The number of carbonyl (C=O) groups is 2. The number of hydrogen-bond donors (Lipinski definition) is 4. The number of rotatable bonds is 7. The van der Waals surface area contributed by atoms with Crippen LogP contribution in [0.15, 0.2) is 48.5 Å². The summed E-state index contributed by atoms with van der Waals surface area (Å²) >= 11 is 0. The van der Waals surface area contributed by atoms with Gasteiger partial charge < -0.3 is 21.7 Å². The molecular formula is C27H33N5O2. The van der Waals surface area contributed by atoms with Gasteiger partial charge in [0.2, 0.25) is 11.8 Å². The molecule has 0 bridgehead atoms. The largest absolute Gasteiger partial charge is 0.384 e. The Morgan fingerprint density at radius 2 is 2.00 bits per heavy atom. The van der Waals surface area contributed by atoms with Gasteiger partial charge in [0, 0.05) is 12.2 Å². The van der Waals surface area contributed by atoms with Crippen LogP contribution in [-0.4, -0.2) is 35.4 Å². The normalized spacial score (nSPS) is 18.6. The number of pyridine rings is 1. The van der Waals surface area contributed by atoms with Crippen molar-refractivity contribution in [2.24, 2.45) is 5.92 Å². The quantitative estimate of drug-likeness (QED) is 0.434. The number of fused-ring (bicyclic) bond motifs is 1. The molecule has 0 spiro atoms. The Bertz CT molecular complexity index is 1210. The van der Waals surface area contributed by atoms with Crippen LogP contribution in [0.3, 0.4) is 0 Å². The highest BCUT2D eigenvalue weighted by Crippen LogP contribution is 2.24. The monoisotopic (exact) mass is 459 g/mol. The van der Waals surface area contributed by atoms with Crippen molar-refractivity contribution in [1.29, 1.82) is 0 Å².